The van der Waals surface area contributed by atoms with Crippen LogP contribution in [-0.2, 0) is 11.8 Å². The van der Waals surface area contributed by atoms with Crippen LogP contribution in [0.5, 0.6) is 11.5 Å². The Morgan fingerprint density at radius 1 is 0.971 bits per heavy atom. The molecule has 186 valence electrons. The van der Waals surface area contributed by atoms with E-state index in [-0.39, 0.29) is 5.91 Å². The molecular weight excluding hydrogens is 440 g/mol. The summed E-state index contributed by atoms with van der Waals surface area (Å²) in [6.45, 7) is 4.35. The van der Waals surface area contributed by atoms with Crippen molar-refractivity contribution in [1.82, 2.24) is 19.4 Å². The number of piperidine rings is 2. The molecule has 2 aromatic heterocycles. The highest BCUT2D eigenvalue weighted by molar-refractivity contribution is 5.87. The van der Waals surface area contributed by atoms with Crippen molar-refractivity contribution in [2.24, 2.45) is 7.05 Å². The van der Waals surface area contributed by atoms with Gasteiger partial charge in [-0.3, -0.25) is 14.7 Å². The van der Waals surface area contributed by atoms with E-state index in [2.05, 4.69) is 39.6 Å². The number of carbonyl (C=O) groups excluding carboxylic acids is 1. The number of ether oxygens (including phenoxy) is 2. The van der Waals surface area contributed by atoms with Gasteiger partial charge in [0.05, 0.1) is 26.3 Å². The smallest absolute Gasteiger partial charge is 0.236 e. The molecule has 0 spiro atoms. The van der Waals surface area contributed by atoms with E-state index in [1.165, 1.54) is 24.8 Å². The van der Waals surface area contributed by atoms with Gasteiger partial charge in [-0.15, -0.1) is 0 Å². The van der Waals surface area contributed by atoms with E-state index in [0.717, 1.165) is 72.9 Å². The van der Waals surface area contributed by atoms with E-state index in [9.17, 15) is 4.79 Å². The van der Waals surface area contributed by atoms with Crippen LogP contribution in [0, 0.1) is 0 Å². The lowest BCUT2D eigenvalue weighted by Gasteiger charge is -2.34. The third-order valence-electron chi connectivity index (χ3n) is 7.70. The SMILES string of the molecule is COc1ccc(-c2cc3cnc(C4CCN(C(=O)CN5CCCCC5)CC4)cc3n2C)cc1OC. The Bertz CT molecular complexity index is 1190. The zero-order valence-electron chi connectivity index (χ0n) is 21.1. The molecule has 0 bridgehead atoms. The van der Waals surface area contributed by atoms with Crippen LogP contribution in [0.1, 0.15) is 43.7 Å². The fraction of sp³-hybridized carbons (Fsp3) is 0.500. The fourth-order valence-electron chi connectivity index (χ4n) is 5.58. The molecule has 7 nitrogen and oxygen atoms in total. The second-order valence-electron chi connectivity index (χ2n) is 9.82. The van der Waals surface area contributed by atoms with Gasteiger partial charge < -0.3 is 18.9 Å². The quantitative estimate of drug-likeness (QED) is 0.526. The summed E-state index contributed by atoms with van der Waals surface area (Å²) >= 11 is 0. The average Bonchev–Trinajstić information content (AvgIpc) is 3.24. The van der Waals surface area contributed by atoms with E-state index in [0.29, 0.717) is 12.5 Å². The number of aromatic nitrogens is 2. The molecule has 1 amide bonds. The van der Waals surface area contributed by atoms with Crippen LogP contribution in [-0.4, -0.2) is 72.2 Å². The Hall–Kier alpha value is -3.06. The first-order valence-electron chi connectivity index (χ1n) is 12.7. The zero-order chi connectivity index (χ0) is 24.4. The second-order valence-corrected chi connectivity index (χ2v) is 9.82. The number of amides is 1. The number of likely N-dealkylation sites (tertiary alicyclic amines) is 2. The minimum absolute atomic E-state index is 0.288. The van der Waals surface area contributed by atoms with Gasteiger partial charge in [-0.2, -0.15) is 0 Å². The van der Waals surface area contributed by atoms with Gasteiger partial charge in [0.25, 0.3) is 0 Å². The molecule has 3 aromatic rings. The van der Waals surface area contributed by atoms with Crippen molar-refractivity contribution in [2.45, 2.75) is 38.0 Å². The molecule has 0 saturated carbocycles. The number of pyridine rings is 1. The number of carbonyl (C=O) groups is 1. The van der Waals surface area contributed by atoms with E-state index in [1.54, 1.807) is 14.2 Å². The summed E-state index contributed by atoms with van der Waals surface area (Å²) < 4.78 is 13.1. The first-order chi connectivity index (χ1) is 17.1. The van der Waals surface area contributed by atoms with E-state index >= 15 is 0 Å². The molecule has 35 heavy (non-hydrogen) atoms. The van der Waals surface area contributed by atoms with Crippen molar-refractivity contribution in [3.8, 4) is 22.8 Å². The van der Waals surface area contributed by atoms with Crippen LogP contribution in [0.25, 0.3) is 22.2 Å². The Labute approximate surface area is 207 Å². The number of fused-ring (bicyclic) bond motifs is 1. The minimum atomic E-state index is 0.288. The van der Waals surface area contributed by atoms with Crippen LogP contribution < -0.4 is 9.47 Å². The first kappa shape index (κ1) is 23.7. The number of rotatable bonds is 6. The van der Waals surface area contributed by atoms with Crippen LogP contribution >= 0.6 is 0 Å². The van der Waals surface area contributed by atoms with Crippen molar-refractivity contribution in [3.63, 3.8) is 0 Å². The molecule has 4 heterocycles. The molecule has 0 radical (unpaired) electrons. The van der Waals surface area contributed by atoms with E-state index < -0.39 is 0 Å². The van der Waals surface area contributed by atoms with Gasteiger partial charge in [-0.1, -0.05) is 6.42 Å². The molecular formula is C28H36N4O3. The summed E-state index contributed by atoms with van der Waals surface area (Å²) in [5.41, 5.74) is 4.48. The highest BCUT2D eigenvalue weighted by Crippen LogP contribution is 2.35. The van der Waals surface area contributed by atoms with Gasteiger partial charge in [0, 0.05) is 54.6 Å². The highest BCUT2D eigenvalue weighted by Gasteiger charge is 2.26. The predicted molar refractivity (Wildman–Crippen MR) is 138 cm³/mol. The first-order valence-corrected chi connectivity index (χ1v) is 12.7. The number of hydrogen-bond acceptors (Lipinski definition) is 5. The molecule has 7 heteroatoms. The lowest BCUT2D eigenvalue weighted by atomic mass is 9.92. The maximum Gasteiger partial charge on any atom is 0.236 e. The Morgan fingerprint density at radius 3 is 2.43 bits per heavy atom. The van der Waals surface area contributed by atoms with Crippen molar-refractivity contribution in [2.75, 3.05) is 46.9 Å². The fourth-order valence-corrected chi connectivity index (χ4v) is 5.58. The molecule has 2 saturated heterocycles. The number of benzene rings is 1. The molecule has 0 atom stereocenters. The summed E-state index contributed by atoms with van der Waals surface area (Å²) in [7, 11) is 5.41. The summed E-state index contributed by atoms with van der Waals surface area (Å²) in [4.78, 5) is 22.0. The number of methoxy groups -OCH3 is 2. The van der Waals surface area contributed by atoms with Crippen molar-refractivity contribution in [3.05, 3.63) is 42.2 Å². The van der Waals surface area contributed by atoms with Gasteiger partial charge >= 0.3 is 0 Å². The van der Waals surface area contributed by atoms with Gasteiger partial charge in [0.15, 0.2) is 11.5 Å². The summed E-state index contributed by atoms with van der Waals surface area (Å²) in [5.74, 6) is 2.11. The highest BCUT2D eigenvalue weighted by atomic mass is 16.5. The van der Waals surface area contributed by atoms with Gasteiger partial charge in [-0.05, 0) is 69.1 Å². The van der Waals surface area contributed by atoms with E-state index in [1.807, 2.05) is 18.3 Å². The molecule has 0 unspecified atom stereocenters. The van der Waals surface area contributed by atoms with Crippen LogP contribution in [0.3, 0.4) is 0 Å². The normalized spacial score (nSPS) is 17.6. The number of hydrogen-bond donors (Lipinski definition) is 0. The second kappa shape index (κ2) is 10.3. The Kier molecular flexibility index (Phi) is 6.95. The third kappa shape index (κ3) is 4.87. The summed E-state index contributed by atoms with van der Waals surface area (Å²) in [6.07, 6.45) is 7.66. The Balaban J connectivity index is 1.29. The van der Waals surface area contributed by atoms with Crippen LogP contribution in [0.4, 0.5) is 0 Å². The van der Waals surface area contributed by atoms with Crippen molar-refractivity contribution in [1.29, 1.82) is 0 Å². The van der Waals surface area contributed by atoms with Crippen LogP contribution in [0.2, 0.25) is 0 Å². The zero-order valence-corrected chi connectivity index (χ0v) is 21.1. The molecule has 2 fully saturated rings. The molecule has 2 aliphatic heterocycles. The molecule has 1 aromatic carbocycles. The lowest BCUT2D eigenvalue weighted by molar-refractivity contribution is -0.133. The number of aryl methyl sites for hydroxylation is 1. The largest absolute Gasteiger partial charge is 0.493 e. The molecule has 2 aliphatic rings. The minimum Gasteiger partial charge on any atom is -0.493 e. The van der Waals surface area contributed by atoms with Crippen molar-refractivity contribution < 1.29 is 14.3 Å². The maximum absolute atomic E-state index is 12.8. The monoisotopic (exact) mass is 476 g/mol. The topological polar surface area (TPSA) is 59.8 Å². The average molecular weight is 477 g/mol. The molecule has 0 N–H and O–H groups in total. The molecule has 5 rings (SSSR count). The van der Waals surface area contributed by atoms with Gasteiger partial charge in [0.2, 0.25) is 5.91 Å². The van der Waals surface area contributed by atoms with Crippen molar-refractivity contribution >= 4 is 16.8 Å². The van der Waals surface area contributed by atoms with E-state index in [4.69, 9.17) is 14.5 Å². The summed E-state index contributed by atoms with van der Waals surface area (Å²) in [6, 6.07) is 10.4. The van der Waals surface area contributed by atoms with Crippen LogP contribution in [0.15, 0.2) is 36.5 Å². The Morgan fingerprint density at radius 2 is 1.71 bits per heavy atom. The predicted octanol–water partition coefficient (Wildman–Crippen LogP) is 4.45. The maximum atomic E-state index is 12.8. The van der Waals surface area contributed by atoms with Gasteiger partial charge in [-0.25, -0.2) is 0 Å². The summed E-state index contributed by atoms with van der Waals surface area (Å²) in [5, 5.41) is 1.12. The standard InChI is InChI=1S/C28H36N4O3/c1-30-24(21-7-8-26(34-2)27(16-21)35-3)15-22-18-29-23(17-25(22)30)20-9-13-32(14-10-20)28(33)19-31-11-5-4-6-12-31/h7-8,15-18,20H,4-6,9-14,19H2,1-3H3. The third-order valence-corrected chi connectivity index (χ3v) is 7.70. The van der Waals surface area contributed by atoms with Gasteiger partial charge in [0.1, 0.15) is 0 Å². The molecule has 0 aliphatic carbocycles. The lowest BCUT2D eigenvalue weighted by Crippen LogP contribution is -2.45. The number of nitrogens with zero attached hydrogens (tertiary/aromatic N) is 4.